The molecule has 2 atom stereocenters. The summed E-state index contributed by atoms with van der Waals surface area (Å²) < 4.78 is 6.05. The lowest BCUT2D eigenvalue weighted by Crippen LogP contribution is -2.41. The number of hydrogen-bond donors (Lipinski definition) is 2. The van der Waals surface area contributed by atoms with E-state index in [1.54, 1.807) is 6.20 Å². The fraction of sp³-hybridized carbons (Fsp3) is 0.486. The van der Waals surface area contributed by atoms with E-state index >= 15 is 0 Å². The summed E-state index contributed by atoms with van der Waals surface area (Å²) in [6, 6.07) is 14.7. The van der Waals surface area contributed by atoms with Gasteiger partial charge in [-0.2, -0.15) is 0 Å². The zero-order valence-electron chi connectivity index (χ0n) is 27.2. The summed E-state index contributed by atoms with van der Waals surface area (Å²) in [6.07, 6.45) is 9.64. The normalized spacial score (nSPS) is 22.2. The average Bonchev–Trinajstić information content (AvgIpc) is 3.72. The highest BCUT2D eigenvalue weighted by Gasteiger charge is 2.50. The predicted octanol–water partition coefficient (Wildman–Crippen LogP) is 6.25. The summed E-state index contributed by atoms with van der Waals surface area (Å²) in [6.45, 7) is 5.52. The highest BCUT2D eigenvalue weighted by Crippen LogP contribution is 2.48. The Morgan fingerprint density at radius 2 is 1.17 bits per heavy atom. The summed E-state index contributed by atoms with van der Waals surface area (Å²) in [7, 11) is 0. The van der Waals surface area contributed by atoms with Gasteiger partial charge in [-0.05, 0) is 99.9 Å². The van der Waals surface area contributed by atoms with E-state index in [-0.39, 0.29) is 46.5 Å². The van der Waals surface area contributed by atoms with Crippen LogP contribution in [0.4, 0.5) is 11.4 Å². The Kier molecular flexibility index (Phi) is 8.14. The minimum Gasteiger partial charge on any atom is -0.436 e. The number of benzene rings is 2. The quantitative estimate of drug-likeness (QED) is 0.271. The van der Waals surface area contributed by atoms with Crippen molar-refractivity contribution >= 4 is 35.0 Å². The molecule has 2 aliphatic carbocycles. The van der Waals surface area contributed by atoms with E-state index in [1.807, 2.05) is 72.2 Å². The lowest BCUT2D eigenvalue weighted by molar-refractivity contribution is -0.138. The van der Waals surface area contributed by atoms with Gasteiger partial charge < -0.3 is 24.9 Å². The van der Waals surface area contributed by atoms with Crippen LogP contribution in [0.2, 0.25) is 0 Å². The number of rotatable bonds is 10. The van der Waals surface area contributed by atoms with Gasteiger partial charge in [0.1, 0.15) is 0 Å². The smallest absolute Gasteiger partial charge is 0.228 e. The largest absolute Gasteiger partial charge is 0.436 e. The van der Waals surface area contributed by atoms with Crippen molar-refractivity contribution in [1.82, 2.24) is 14.8 Å². The van der Waals surface area contributed by atoms with Crippen LogP contribution in [0.25, 0.3) is 22.8 Å². The van der Waals surface area contributed by atoms with E-state index in [0.29, 0.717) is 35.9 Å². The van der Waals surface area contributed by atoms with Gasteiger partial charge in [-0.25, -0.2) is 4.98 Å². The molecule has 0 bridgehead atoms. The molecule has 2 aliphatic heterocycles. The first-order valence-electron chi connectivity index (χ1n) is 17.0. The maximum atomic E-state index is 12.9. The van der Waals surface area contributed by atoms with Gasteiger partial charge in [0.2, 0.25) is 29.5 Å². The summed E-state index contributed by atoms with van der Waals surface area (Å²) >= 11 is 0. The topological polar surface area (TPSA) is 125 Å². The lowest BCUT2D eigenvalue weighted by atomic mass is 10.1. The molecule has 4 amide bonds. The number of nitrogens with zero attached hydrogens (tertiary/aromatic N) is 3. The van der Waals surface area contributed by atoms with Crippen molar-refractivity contribution in [2.24, 2.45) is 10.8 Å². The second kappa shape index (κ2) is 12.3. The Hall–Kier alpha value is -4.47. The zero-order chi connectivity index (χ0) is 32.8. The predicted molar refractivity (Wildman–Crippen MR) is 178 cm³/mol. The van der Waals surface area contributed by atoms with Crippen molar-refractivity contribution in [3.8, 4) is 22.8 Å². The maximum absolute atomic E-state index is 12.9. The van der Waals surface area contributed by atoms with Gasteiger partial charge in [-0.1, -0.05) is 13.8 Å². The van der Waals surface area contributed by atoms with Crippen molar-refractivity contribution in [1.29, 1.82) is 0 Å². The Morgan fingerprint density at radius 1 is 0.723 bits per heavy atom. The molecule has 10 nitrogen and oxygen atoms in total. The van der Waals surface area contributed by atoms with E-state index in [1.165, 1.54) is 0 Å². The van der Waals surface area contributed by atoms with Gasteiger partial charge in [0.15, 0.2) is 5.76 Å². The number of amides is 4. The van der Waals surface area contributed by atoms with Crippen LogP contribution in [0, 0.1) is 10.8 Å². The summed E-state index contributed by atoms with van der Waals surface area (Å²) in [5, 5.41) is 5.95. The minimum atomic E-state index is -0.217. The van der Waals surface area contributed by atoms with Crippen molar-refractivity contribution in [2.45, 2.75) is 90.1 Å². The number of carbonyl (C=O) groups is 4. The third kappa shape index (κ3) is 6.68. The number of nitrogens with one attached hydrogen (secondary N) is 2. The van der Waals surface area contributed by atoms with Crippen molar-refractivity contribution in [3.05, 3.63) is 54.7 Å². The van der Waals surface area contributed by atoms with Gasteiger partial charge >= 0.3 is 0 Å². The van der Waals surface area contributed by atoms with Gasteiger partial charge in [0.25, 0.3) is 0 Å². The third-order valence-corrected chi connectivity index (χ3v) is 10.5. The standard InChI is InChI=1S/C37H43N5O5/c1-36(15-16-36)34(45)41-19-3-5-28(41)21-31(43)39-26-11-7-24(8-12-26)30-23-38-33(47-30)25-9-13-27(14-10-25)40-32(44)22-29-6-4-20-42(29)35(46)37(2)17-18-37/h7-14,23,28-29H,3-6,15-22H2,1-2H3,(H,39,43)(H,40,44)/t28-,29-/m0/s1. The number of anilines is 2. The zero-order valence-corrected chi connectivity index (χ0v) is 27.2. The van der Waals surface area contributed by atoms with Gasteiger partial charge in [-0.15, -0.1) is 0 Å². The number of likely N-dealkylation sites (tertiary alicyclic amines) is 2. The highest BCUT2D eigenvalue weighted by molar-refractivity contribution is 5.93. The van der Waals surface area contributed by atoms with E-state index in [4.69, 9.17) is 4.42 Å². The SMILES string of the molecule is CC1(C(=O)N2CCC[C@H]2CC(=O)Nc2ccc(-c3cnc(-c4ccc(NC(=O)C[C@@H]5CCCN5C(=O)C5(C)CC5)cc4)o3)cc2)CC1. The van der Waals surface area contributed by atoms with Gasteiger partial charge in [0.05, 0.1) is 6.20 Å². The molecular formula is C37H43N5O5. The fourth-order valence-electron chi connectivity index (χ4n) is 6.93. The van der Waals surface area contributed by atoms with Crippen LogP contribution in [0.3, 0.4) is 0 Å². The Morgan fingerprint density at radius 3 is 1.62 bits per heavy atom. The Bertz CT molecular complexity index is 1550. The molecule has 47 heavy (non-hydrogen) atoms. The molecule has 7 rings (SSSR count). The molecule has 2 saturated carbocycles. The monoisotopic (exact) mass is 637 g/mol. The summed E-state index contributed by atoms with van der Waals surface area (Å²) in [5.41, 5.74) is 2.53. The number of hydrogen-bond acceptors (Lipinski definition) is 6. The van der Waals surface area contributed by atoms with E-state index < -0.39 is 0 Å². The molecule has 10 heteroatoms. The average molecular weight is 638 g/mol. The second-order valence-electron chi connectivity index (χ2n) is 14.4. The molecular weight excluding hydrogens is 594 g/mol. The lowest BCUT2D eigenvalue weighted by Gasteiger charge is -2.27. The van der Waals surface area contributed by atoms with Crippen LogP contribution < -0.4 is 10.6 Å². The van der Waals surface area contributed by atoms with E-state index in [0.717, 1.165) is 75.6 Å². The van der Waals surface area contributed by atoms with Crippen LogP contribution in [0.15, 0.2) is 59.1 Å². The van der Waals surface area contributed by atoms with Crippen LogP contribution in [-0.4, -0.2) is 63.6 Å². The molecule has 246 valence electrons. The van der Waals surface area contributed by atoms with E-state index in [9.17, 15) is 19.2 Å². The molecule has 2 aromatic carbocycles. The fourth-order valence-corrected chi connectivity index (χ4v) is 6.93. The molecule has 3 aromatic rings. The molecule has 2 saturated heterocycles. The summed E-state index contributed by atoms with van der Waals surface area (Å²) in [4.78, 5) is 59.7. The molecule has 3 heterocycles. The number of carbonyl (C=O) groups excluding carboxylic acids is 4. The number of oxazole rings is 1. The van der Waals surface area contributed by atoms with Crippen LogP contribution >= 0.6 is 0 Å². The third-order valence-electron chi connectivity index (χ3n) is 10.5. The van der Waals surface area contributed by atoms with Crippen molar-refractivity contribution < 1.29 is 23.6 Å². The molecule has 0 spiro atoms. The molecule has 0 radical (unpaired) electrons. The summed E-state index contributed by atoms with van der Waals surface area (Å²) in [5.74, 6) is 1.26. The molecule has 2 N–H and O–H groups in total. The van der Waals surface area contributed by atoms with Crippen LogP contribution in [-0.2, 0) is 19.2 Å². The van der Waals surface area contributed by atoms with Gasteiger partial charge in [-0.3, -0.25) is 19.2 Å². The van der Waals surface area contributed by atoms with Gasteiger partial charge in [0, 0.05) is 71.3 Å². The maximum Gasteiger partial charge on any atom is 0.228 e. The first kappa shape index (κ1) is 31.1. The molecule has 4 aliphatic rings. The molecule has 1 aromatic heterocycles. The highest BCUT2D eigenvalue weighted by atomic mass is 16.4. The minimum absolute atomic E-state index is 0.0348. The van der Waals surface area contributed by atoms with Crippen LogP contribution in [0.5, 0.6) is 0 Å². The van der Waals surface area contributed by atoms with Crippen LogP contribution in [0.1, 0.15) is 78.1 Å². The van der Waals surface area contributed by atoms with Crippen molar-refractivity contribution in [2.75, 3.05) is 23.7 Å². The second-order valence-corrected chi connectivity index (χ2v) is 14.4. The molecule has 4 fully saturated rings. The Balaban J connectivity index is 0.907. The molecule has 0 unspecified atom stereocenters. The first-order chi connectivity index (χ1) is 22.6. The van der Waals surface area contributed by atoms with Crippen molar-refractivity contribution in [3.63, 3.8) is 0 Å². The van der Waals surface area contributed by atoms with E-state index in [2.05, 4.69) is 15.6 Å². The number of aromatic nitrogens is 1. The Labute approximate surface area is 275 Å². The first-order valence-corrected chi connectivity index (χ1v) is 17.0.